The smallest absolute Gasteiger partial charge is 0.353 e. The van der Waals surface area contributed by atoms with Crippen LogP contribution in [0.5, 0.6) is 0 Å². The summed E-state index contributed by atoms with van der Waals surface area (Å²) in [6.45, 7) is 6.86. The topological polar surface area (TPSA) is 83.8 Å². The van der Waals surface area contributed by atoms with Crippen LogP contribution in [0.25, 0.3) is 11.1 Å². The number of aryl methyl sites for hydroxylation is 1. The van der Waals surface area contributed by atoms with Crippen molar-refractivity contribution in [1.82, 2.24) is 0 Å². The molecule has 0 radical (unpaired) electrons. The van der Waals surface area contributed by atoms with E-state index >= 15 is 0 Å². The van der Waals surface area contributed by atoms with E-state index < -0.39 is 10.1 Å². The molecule has 0 aliphatic carbocycles. The van der Waals surface area contributed by atoms with Gasteiger partial charge in [-0.1, -0.05) is 45.0 Å². The number of oxazole rings is 1. The van der Waals surface area contributed by atoms with Crippen LogP contribution in [-0.2, 0) is 28.5 Å². The molecule has 0 atom stereocenters. The fourth-order valence-corrected chi connectivity index (χ4v) is 3.64. The Balaban J connectivity index is 1.93. The third-order valence-electron chi connectivity index (χ3n) is 4.69. The van der Waals surface area contributed by atoms with Gasteiger partial charge >= 0.3 is 5.89 Å². The third-order valence-corrected chi connectivity index (χ3v) is 5.50. The zero-order chi connectivity index (χ0) is 21.1. The quantitative estimate of drug-likeness (QED) is 0.355. The van der Waals surface area contributed by atoms with E-state index in [4.69, 9.17) is 8.97 Å². The minimum Gasteiger partial charge on any atom is -0.401 e. The first-order chi connectivity index (χ1) is 13.6. The average Bonchev–Trinajstić information content (AvgIpc) is 2.98. The van der Waals surface area contributed by atoms with Gasteiger partial charge in [0.15, 0.2) is 6.54 Å². The van der Waals surface area contributed by atoms with Gasteiger partial charge in [0.25, 0.3) is 15.6 Å². The molecule has 0 aliphatic heterocycles. The van der Waals surface area contributed by atoms with E-state index in [1.165, 1.54) is 5.56 Å². The standard InChI is InChI=1S/C22H26N2O4S/c1-22(2,3)17-10-11-20-19(16-17)24(14-7-15-29(25,26)27)21(28-20)12-13-23-18-8-5-4-6-9-18/h4-6,8-11,13,16H,7,12,14-15H2,1-3H3/p+1. The Labute approximate surface area is 171 Å². The Hall–Kier alpha value is -2.51. The molecular weight excluding hydrogens is 388 g/mol. The van der Waals surface area contributed by atoms with Crippen LogP contribution in [-0.4, -0.2) is 24.9 Å². The van der Waals surface area contributed by atoms with Gasteiger partial charge in [-0.25, -0.2) is 0 Å². The van der Waals surface area contributed by atoms with Crippen molar-refractivity contribution in [3.63, 3.8) is 0 Å². The maximum Gasteiger partial charge on any atom is 0.353 e. The van der Waals surface area contributed by atoms with Crippen molar-refractivity contribution in [2.24, 2.45) is 4.99 Å². The van der Waals surface area contributed by atoms with E-state index in [0.717, 1.165) is 16.8 Å². The molecule has 0 amide bonds. The summed E-state index contributed by atoms with van der Waals surface area (Å²) in [6.07, 6.45) is 2.55. The van der Waals surface area contributed by atoms with Gasteiger partial charge in [-0.2, -0.15) is 13.0 Å². The summed E-state index contributed by atoms with van der Waals surface area (Å²) < 4.78 is 39.3. The highest BCUT2D eigenvalue weighted by Crippen LogP contribution is 2.26. The number of rotatable bonds is 7. The maximum absolute atomic E-state index is 11.1. The van der Waals surface area contributed by atoms with Gasteiger partial charge in [0.2, 0.25) is 5.58 Å². The Morgan fingerprint density at radius 2 is 1.86 bits per heavy atom. The number of aromatic nitrogens is 1. The zero-order valence-electron chi connectivity index (χ0n) is 17.0. The van der Waals surface area contributed by atoms with Gasteiger partial charge in [-0.3, -0.25) is 9.55 Å². The van der Waals surface area contributed by atoms with Gasteiger partial charge < -0.3 is 4.42 Å². The highest BCUT2D eigenvalue weighted by molar-refractivity contribution is 7.85. The molecule has 0 unspecified atom stereocenters. The first kappa shape index (κ1) is 21.2. The molecule has 0 aliphatic rings. The molecule has 1 N–H and O–H groups in total. The second-order valence-corrected chi connectivity index (χ2v) is 9.64. The number of para-hydroxylation sites is 1. The molecule has 0 fully saturated rings. The lowest BCUT2D eigenvalue weighted by Crippen LogP contribution is -2.37. The average molecular weight is 416 g/mol. The minimum atomic E-state index is -4.00. The molecule has 1 aromatic heterocycles. The molecule has 7 heteroatoms. The number of benzene rings is 2. The van der Waals surface area contributed by atoms with E-state index in [0.29, 0.717) is 25.3 Å². The molecule has 1 heterocycles. The number of hydrogen-bond donors (Lipinski definition) is 1. The minimum absolute atomic E-state index is 0.0212. The van der Waals surface area contributed by atoms with Crippen LogP contribution in [0.1, 0.15) is 38.6 Å². The fraction of sp³-hybridized carbons (Fsp3) is 0.364. The normalized spacial score (nSPS) is 12.8. The van der Waals surface area contributed by atoms with Crippen molar-refractivity contribution in [2.75, 3.05) is 5.75 Å². The van der Waals surface area contributed by atoms with Crippen molar-refractivity contribution in [1.29, 1.82) is 0 Å². The van der Waals surface area contributed by atoms with Gasteiger partial charge in [0, 0.05) is 18.7 Å². The largest absolute Gasteiger partial charge is 0.401 e. The van der Waals surface area contributed by atoms with Crippen LogP contribution < -0.4 is 4.57 Å². The van der Waals surface area contributed by atoms with Gasteiger partial charge in [0.05, 0.1) is 11.4 Å². The predicted molar refractivity (Wildman–Crippen MR) is 114 cm³/mol. The van der Waals surface area contributed by atoms with Crippen LogP contribution in [0.4, 0.5) is 5.69 Å². The Morgan fingerprint density at radius 3 is 2.52 bits per heavy atom. The molecule has 29 heavy (non-hydrogen) atoms. The lowest BCUT2D eigenvalue weighted by molar-refractivity contribution is -0.683. The summed E-state index contributed by atoms with van der Waals surface area (Å²) in [5.41, 5.74) is 3.66. The van der Waals surface area contributed by atoms with Crippen LogP contribution in [0.2, 0.25) is 0 Å². The molecule has 6 nitrogen and oxygen atoms in total. The summed E-state index contributed by atoms with van der Waals surface area (Å²) in [4.78, 5) is 4.45. The first-order valence-corrected chi connectivity index (χ1v) is 11.2. The summed E-state index contributed by atoms with van der Waals surface area (Å²) in [6, 6.07) is 15.7. The van der Waals surface area contributed by atoms with Crippen LogP contribution in [0.15, 0.2) is 57.9 Å². The molecule has 3 aromatic rings. The monoisotopic (exact) mass is 415 g/mol. The van der Waals surface area contributed by atoms with Crippen molar-refractivity contribution in [3.05, 3.63) is 60.0 Å². The zero-order valence-corrected chi connectivity index (χ0v) is 17.8. The number of hydrogen-bond acceptors (Lipinski definition) is 4. The summed E-state index contributed by atoms with van der Waals surface area (Å²) in [5, 5.41) is 0. The molecular formula is C22H27N2O4S+. The highest BCUT2D eigenvalue weighted by Gasteiger charge is 2.25. The molecule has 0 spiro atoms. The second-order valence-electron chi connectivity index (χ2n) is 8.07. The lowest BCUT2D eigenvalue weighted by atomic mass is 9.87. The number of aliphatic imine (C=N–C) groups is 1. The van der Waals surface area contributed by atoms with Crippen molar-refractivity contribution in [2.45, 2.75) is 45.6 Å². The molecule has 0 saturated heterocycles. The lowest BCUT2D eigenvalue weighted by Gasteiger charge is -2.17. The molecule has 0 bridgehead atoms. The molecule has 3 rings (SSSR count). The Morgan fingerprint density at radius 1 is 1.14 bits per heavy atom. The third kappa shape index (κ3) is 5.74. The Kier molecular flexibility index (Phi) is 6.19. The van der Waals surface area contributed by atoms with E-state index in [2.05, 4.69) is 37.9 Å². The van der Waals surface area contributed by atoms with E-state index in [9.17, 15) is 8.42 Å². The van der Waals surface area contributed by atoms with E-state index in [1.807, 2.05) is 41.0 Å². The second kappa shape index (κ2) is 8.47. The maximum atomic E-state index is 11.1. The first-order valence-electron chi connectivity index (χ1n) is 9.62. The highest BCUT2D eigenvalue weighted by atomic mass is 32.2. The SMILES string of the molecule is CC(C)(C)c1ccc2oc(CC=Nc3ccccc3)[n+](CCCS(=O)(=O)O)c2c1. The Bertz CT molecular complexity index is 1110. The van der Waals surface area contributed by atoms with Gasteiger partial charge in [0.1, 0.15) is 6.42 Å². The summed E-state index contributed by atoms with van der Waals surface area (Å²) in [7, 11) is -4.00. The fourth-order valence-electron chi connectivity index (χ4n) is 3.14. The van der Waals surface area contributed by atoms with Crippen LogP contribution >= 0.6 is 0 Å². The number of nitrogens with zero attached hydrogens (tertiary/aromatic N) is 2. The van der Waals surface area contributed by atoms with Crippen LogP contribution in [0, 0.1) is 0 Å². The van der Waals surface area contributed by atoms with Crippen molar-refractivity contribution < 1.29 is 22.0 Å². The molecule has 2 aromatic carbocycles. The molecule has 154 valence electrons. The summed E-state index contributed by atoms with van der Waals surface area (Å²) in [5.74, 6) is 0.407. The van der Waals surface area contributed by atoms with Gasteiger partial charge in [-0.15, -0.1) is 0 Å². The van der Waals surface area contributed by atoms with Gasteiger partial charge in [-0.05, 0) is 29.2 Å². The predicted octanol–water partition coefficient (Wildman–Crippen LogP) is 4.24. The number of fused-ring (bicyclic) bond motifs is 1. The molecule has 0 saturated carbocycles. The van der Waals surface area contributed by atoms with E-state index in [1.54, 1.807) is 6.21 Å². The van der Waals surface area contributed by atoms with Crippen molar-refractivity contribution in [3.8, 4) is 0 Å². The van der Waals surface area contributed by atoms with E-state index in [-0.39, 0.29) is 11.2 Å². The van der Waals surface area contributed by atoms with Crippen LogP contribution in [0.3, 0.4) is 0 Å². The van der Waals surface area contributed by atoms with Crippen molar-refractivity contribution >= 4 is 33.1 Å². The summed E-state index contributed by atoms with van der Waals surface area (Å²) >= 11 is 0.